The van der Waals surface area contributed by atoms with E-state index in [9.17, 15) is 0 Å². The Kier molecular flexibility index (Phi) is 7.43. The van der Waals surface area contributed by atoms with Crippen molar-refractivity contribution in [2.24, 2.45) is 0 Å². The van der Waals surface area contributed by atoms with E-state index in [-0.39, 0.29) is 5.92 Å². The quantitative estimate of drug-likeness (QED) is 0.163. The number of fused-ring (bicyclic) bond motifs is 7. The van der Waals surface area contributed by atoms with E-state index in [4.69, 9.17) is 23.8 Å². The third-order valence-corrected chi connectivity index (χ3v) is 10.3. The summed E-state index contributed by atoms with van der Waals surface area (Å²) in [5.41, 5.74) is 8.79. The predicted molar refractivity (Wildman–Crippen MR) is 216 cm³/mol. The van der Waals surface area contributed by atoms with Crippen LogP contribution in [0.4, 0.5) is 0 Å². The zero-order valence-electron chi connectivity index (χ0n) is 29.0. The first kappa shape index (κ1) is 30.9. The Hall–Kier alpha value is -6.85. The molecule has 6 aromatic carbocycles. The maximum absolute atomic E-state index is 6.78. The molecule has 1 unspecified atom stereocenters. The molecule has 0 bridgehead atoms. The minimum absolute atomic E-state index is 0.00112. The van der Waals surface area contributed by atoms with E-state index in [2.05, 4.69) is 109 Å². The second-order valence-corrected chi connectivity index (χ2v) is 13.4. The summed E-state index contributed by atoms with van der Waals surface area (Å²) in [5, 5.41) is 5.48. The van der Waals surface area contributed by atoms with Gasteiger partial charge in [0.2, 0.25) is 0 Å². The van der Waals surface area contributed by atoms with Gasteiger partial charge in [0, 0.05) is 44.3 Å². The van der Waals surface area contributed by atoms with E-state index < -0.39 is 0 Å². The van der Waals surface area contributed by atoms with E-state index in [1.165, 1.54) is 5.56 Å². The molecule has 3 heterocycles. The maximum atomic E-state index is 6.78. The van der Waals surface area contributed by atoms with Crippen molar-refractivity contribution in [3.8, 4) is 22.8 Å². The predicted octanol–water partition coefficient (Wildman–Crippen LogP) is 12.6. The van der Waals surface area contributed by atoms with Crippen LogP contribution in [0.3, 0.4) is 0 Å². The molecule has 0 amide bonds. The molecule has 0 N–H and O–H groups in total. The fourth-order valence-corrected chi connectivity index (χ4v) is 7.75. The van der Waals surface area contributed by atoms with E-state index in [1.807, 2.05) is 61.5 Å². The molecule has 0 saturated carbocycles. The molecule has 0 radical (unpaired) electrons. The Morgan fingerprint density at radius 2 is 1.25 bits per heavy atom. The lowest BCUT2D eigenvalue weighted by Gasteiger charge is -2.22. The normalized spacial score (nSPS) is 14.6. The molecule has 0 spiro atoms. The second kappa shape index (κ2) is 12.7. The minimum Gasteiger partial charge on any atom is -0.460 e. The van der Waals surface area contributed by atoms with Gasteiger partial charge in [-0.05, 0) is 65.6 Å². The van der Waals surface area contributed by atoms with Crippen LogP contribution in [0.25, 0.3) is 78.1 Å². The van der Waals surface area contributed by atoms with Gasteiger partial charge in [-0.2, -0.15) is 0 Å². The summed E-state index contributed by atoms with van der Waals surface area (Å²) in [4.78, 5) is 15.6. The number of furan rings is 2. The highest BCUT2D eigenvalue weighted by Crippen LogP contribution is 2.47. The van der Waals surface area contributed by atoms with Crippen molar-refractivity contribution >= 4 is 55.3 Å². The van der Waals surface area contributed by atoms with Crippen LogP contribution >= 0.6 is 0 Å². The Morgan fingerprint density at radius 1 is 0.566 bits per heavy atom. The van der Waals surface area contributed by atoms with Crippen LogP contribution in [0.5, 0.6) is 0 Å². The Morgan fingerprint density at radius 3 is 2.08 bits per heavy atom. The number of benzene rings is 6. The molecule has 9 aromatic rings. The van der Waals surface area contributed by atoms with Crippen LogP contribution in [0.1, 0.15) is 47.5 Å². The van der Waals surface area contributed by atoms with Crippen molar-refractivity contribution in [3.63, 3.8) is 0 Å². The summed E-state index contributed by atoms with van der Waals surface area (Å²) in [6, 6.07) is 45.9. The minimum atomic E-state index is 0.00112. The molecular weight excluding hydrogens is 651 g/mol. The standard InChI is InChI=1S/C48H33N3O2/c1-2-3-5-14-30-23-25-37(35-18-9-8-17-33(30)35)47-49-46(31-15-6-4-7-16-31)50-48(51-47)39-27-26-34(45-44(39)38-20-11-13-22-42(38)53-45)32-24-28-43-40(29-32)36-19-10-12-21-41(36)52-43/h2-25,27-29,34H,26H2,1H3/b3-2-,14-5-. The summed E-state index contributed by atoms with van der Waals surface area (Å²) in [7, 11) is 0. The average Bonchev–Trinajstić information content (AvgIpc) is 3.79. The van der Waals surface area contributed by atoms with Gasteiger partial charge in [-0.3, -0.25) is 0 Å². The lowest BCUT2D eigenvalue weighted by Crippen LogP contribution is -2.10. The first-order chi connectivity index (χ1) is 26.2. The molecule has 53 heavy (non-hydrogen) atoms. The summed E-state index contributed by atoms with van der Waals surface area (Å²) in [6.45, 7) is 2.02. The van der Waals surface area contributed by atoms with Crippen LogP contribution in [0.2, 0.25) is 0 Å². The molecule has 252 valence electrons. The van der Waals surface area contributed by atoms with E-state index in [0.29, 0.717) is 17.5 Å². The second-order valence-electron chi connectivity index (χ2n) is 13.4. The fraction of sp³-hybridized carbons (Fsp3) is 0.0625. The van der Waals surface area contributed by atoms with Gasteiger partial charge in [-0.15, -0.1) is 0 Å². The zero-order valence-corrected chi connectivity index (χ0v) is 29.0. The van der Waals surface area contributed by atoms with E-state index in [1.54, 1.807) is 0 Å². The molecule has 0 fully saturated rings. The van der Waals surface area contributed by atoms with Gasteiger partial charge in [0.1, 0.15) is 22.5 Å². The van der Waals surface area contributed by atoms with Crippen molar-refractivity contribution in [2.45, 2.75) is 19.3 Å². The molecule has 0 aliphatic heterocycles. The van der Waals surface area contributed by atoms with E-state index in [0.717, 1.165) is 83.7 Å². The molecule has 1 aliphatic carbocycles. The Balaban J connectivity index is 1.16. The van der Waals surface area contributed by atoms with Gasteiger partial charge in [0.05, 0.1) is 0 Å². The van der Waals surface area contributed by atoms with Gasteiger partial charge >= 0.3 is 0 Å². The summed E-state index contributed by atoms with van der Waals surface area (Å²) < 4.78 is 13.0. The number of hydrogen-bond donors (Lipinski definition) is 0. The first-order valence-electron chi connectivity index (χ1n) is 18.0. The van der Waals surface area contributed by atoms with Crippen molar-refractivity contribution in [2.75, 3.05) is 0 Å². The van der Waals surface area contributed by atoms with Gasteiger partial charge in [-0.1, -0.05) is 134 Å². The van der Waals surface area contributed by atoms with Crippen molar-refractivity contribution < 1.29 is 8.83 Å². The van der Waals surface area contributed by atoms with Crippen LogP contribution < -0.4 is 0 Å². The van der Waals surface area contributed by atoms with Crippen LogP contribution in [0.15, 0.2) is 167 Å². The number of para-hydroxylation sites is 2. The smallest absolute Gasteiger partial charge is 0.164 e. The topological polar surface area (TPSA) is 65.0 Å². The van der Waals surface area contributed by atoms with Crippen molar-refractivity contribution in [1.29, 1.82) is 0 Å². The number of hydrogen-bond acceptors (Lipinski definition) is 5. The number of allylic oxidation sites excluding steroid dienone is 4. The fourth-order valence-electron chi connectivity index (χ4n) is 7.75. The van der Waals surface area contributed by atoms with Crippen molar-refractivity contribution in [3.05, 3.63) is 186 Å². The SMILES string of the molecule is C/C=C\C=C/c1ccc(-c2nc(C3=CCC(c4ccc5oc6ccccc6c5c4)c4oc5ccccc5c43)nc(-c3ccccc3)n2)c2ccccc12. The largest absolute Gasteiger partial charge is 0.460 e. The van der Waals surface area contributed by atoms with Gasteiger partial charge in [0.15, 0.2) is 17.5 Å². The van der Waals surface area contributed by atoms with Crippen LogP contribution in [-0.4, -0.2) is 15.0 Å². The lowest BCUT2D eigenvalue weighted by molar-refractivity contribution is 0.515. The monoisotopic (exact) mass is 683 g/mol. The highest BCUT2D eigenvalue weighted by Gasteiger charge is 2.32. The molecule has 5 nitrogen and oxygen atoms in total. The highest BCUT2D eigenvalue weighted by molar-refractivity contribution is 6.05. The molecule has 5 heteroatoms. The first-order valence-corrected chi connectivity index (χ1v) is 18.0. The molecule has 10 rings (SSSR count). The summed E-state index contributed by atoms with van der Waals surface area (Å²) in [5.74, 6) is 2.80. The number of aromatic nitrogens is 3. The average molecular weight is 684 g/mol. The zero-order chi connectivity index (χ0) is 35.3. The maximum Gasteiger partial charge on any atom is 0.164 e. The van der Waals surface area contributed by atoms with Gasteiger partial charge < -0.3 is 8.83 Å². The van der Waals surface area contributed by atoms with Crippen molar-refractivity contribution in [1.82, 2.24) is 15.0 Å². The summed E-state index contributed by atoms with van der Waals surface area (Å²) >= 11 is 0. The Bertz CT molecular complexity index is 2950. The third-order valence-electron chi connectivity index (χ3n) is 10.3. The van der Waals surface area contributed by atoms with Crippen LogP contribution in [-0.2, 0) is 0 Å². The molecular formula is C48H33N3O2. The number of rotatable bonds is 6. The van der Waals surface area contributed by atoms with Crippen LogP contribution in [0, 0.1) is 0 Å². The van der Waals surface area contributed by atoms with E-state index >= 15 is 0 Å². The number of nitrogens with zero attached hydrogens (tertiary/aromatic N) is 3. The Labute approximate surface area is 306 Å². The molecule has 1 atom stereocenters. The molecule has 0 saturated heterocycles. The van der Waals surface area contributed by atoms with Gasteiger partial charge in [-0.25, -0.2) is 15.0 Å². The molecule has 1 aliphatic rings. The van der Waals surface area contributed by atoms with Gasteiger partial charge in [0.25, 0.3) is 0 Å². The molecule has 3 aromatic heterocycles. The third kappa shape index (κ3) is 5.28. The highest BCUT2D eigenvalue weighted by atomic mass is 16.3. The summed E-state index contributed by atoms with van der Waals surface area (Å²) in [6.07, 6.45) is 11.3. The lowest BCUT2D eigenvalue weighted by atomic mass is 9.82.